The van der Waals surface area contributed by atoms with Crippen molar-refractivity contribution in [2.75, 3.05) is 4.90 Å². The van der Waals surface area contributed by atoms with Gasteiger partial charge in [-0.05, 0) is 74.0 Å². The first kappa shape index (κ1) is 19.3. The number of anilines is 1. The van der Waals surface area contributed by atoms with Crippen molar-refractivity contribution < 1.29 is 9.59 Å². The van der Waals surface area contributed by atoms with Crippen LogP contribution in [0.25, 0.3) is 11.8 Å². The summed E-state index contributed by atoms with van der Waals surface area (Å²) >= 11 is 12.0. The van der Waals surface area contributed by atoms with E-state index in [1.165, 1.54) is 0 Å². The second-order valence-electron chi connectivity index (χ2n) is 6.75. The predicted octanol–water partition coefficient (Wildman–Crippen LogP) is 5.50. The summed E-state index contributed by atoms with van der Waals surface area (Å²) in [6, 6.07) is 15.6. The molecule has 3 aromatic rings. The van der Waals surface area contributed by atoms with Crippen LogP contribution in [0, 0.1) is 13.8 Å². The third-order valence-electron chi connectivity index (χ3n) is 4.80. The molecule has 0 spiro atoms. The molecule has 1 N–H and O–H groups in total. The highest BCUT2D eigenvalue weighted by atomic mass is 35.5. The number of urea groups is 1. The zero-order valence-electron chi connectivity index (χ0n) is 15.7. The van der Waals surface area contributed by atoms with Gasteiger partial charge in [-0.25, -0.2) is 9.69 Å². The molecular formula is C22H17Cl2N3O2. The minimum atomic E-state index is -0.505. The third-order valence-corrected chi connectivity index (χ3v) is 5.29. The molecule has 1 fully saturated rings. The molecule has 1 aromatic heterocycles. The van der Waals surface area contributed by atoms with Crippen molar-refractivity contribution in [2.24, 2.45) is 0 Å². The topological polar surface area (TPSA) is 54.3 Å². The van der Waals surface area contributed by atoms with E-state index in [0.29, 0.717) is 15.7 Å². The van der Waals surface area contributed by atoms with E-state index in [9.17, 15) is 9.59 Å². The molecule has 0 atom stereocenters. The number of aryl methyl sites for hydroxylation is 1. The van der Waals surface area contributed by atoms with Crippen LogP contribution in [-0.4, -0.2) is 16.5 Å². The smallest absolute Gasteiger partial charge is 0.318 e. The lowest BCUT2D eigenvalue weighted by Gasteiger charge is -2.11. The molecule has 1 aliphatic heterocycles. The molecule has 4 rings (SSSR count). The molecule has 0 radical (unpaired) electrons. The van der Waals surface area contributed by atoms with Gasteiger partial charge in [-0.15, -0.1) is 0 Å². The summed E-state index contributed by atoms with van der Waals surface area (Å²) in [6.45, 7) is 3.95. The fourth-order valence-corrected chi connectivity index (χ4v) is 3.77. The minimum Gasteiger partial charge on any atom is -0.318 e. The standard InChI is InChI=1S/C22H17Cl2N3O2/c1-13-10-15(14(2)26(13)18-8-6-16(23)7-9-18)11-20-21(28)27(22(29)25-20)19-5-3-4-17(24)12-19/h3-12H,1-2H3,(H,25,29)/b20-11-. The first-order valence-electron chi connectivity index (χ1n) is 8.93. The number of benzene rings is 2. The van der Waals surface area contributed by atoms with Crippen LogP contribution < -0.4 is 10.2 Å². The Morgan fingerprint density at radius 2 is 1.62 bits per heavy atom. The molecule has 0 saturated carbocycles. The van der Waals surface area contributed by atoms with Crippen molar-refractivity contribution in [1.82, 2.24) is 9.88 Å². The van der Waals surface area contributed by atoms with Crippen molar-refractivity contribution in [3.63, 3.8) is 0 Å². The van der Waals surface area contributed by atoms with Crippen LogP contribution in [0.1, 0.15) is 17.0 Å². The molecular weight excluding hydrogens is 409 g/mol. The average Bonchev–Trinajstić information content (AvgIpc) is 3.11. The molecule has 2 aromatic carbocycles. The minimum absolute atomic E-state index is 0.214. The maximum atomic E-state index is 12.9. The highest BCUT2D eigenvalue weighted by Gasteiger charge is 2.35. The van der Waals surface area contributed by atoms with Crippen LogP contribution in [0.3, 0.4) is 0 Å². The number of hydrogen-bond donors (Lipinski definition) is 1. The van der Waals surface area contributed by atoms with Gasteiger partial charge < -0.3 is 9.88 Å². The molecule has 5 nitrogen and oxygen atoms in total. The van der Waals surface area contributed by atoms with Crippen molar-refractivity contribution in [1.29, 1.82) is 0 Å². The van der Waals surface area contributed by atoms with Crippen molar-refractivity contribution in [3.05, 3.63) is 87.3 Å². The van der Waals surface area contributed by atoms with E-state index in [1.807, 2.05) is 44.2 Å². The number of imide groups is 1. The number of nitrogens with zero attached hydrogens (tertiary/aromatic N) is 2. The van der Waals surface area contributed by atoms with Gasteiger partial charge in [-0.2, -0.15) is 0 Å². The quantitative estimate of drug-likeness (QED) is 0.444. The number of hydrogen-bond acceptors (Lipinski definition) is 2. The van der Waals surface area contributed by atoms with Crippen LogP contribution in [0.2, 0.25) is 10.0 Å². The lowest BCUT2D eigenvalue weighted by Crippen LogP contribution is -2.30. The van der Waals surface area contributed by atoms with Crippen molar-refractivity contribution in [2.45, 2.75) is 13.8 Å². The van der Waals surface area contributed by atoms with E-state index in [2.05, 4.69) is 9.88 Å². The summed E-state index contributed by atoms with van der Waals surface area (Å²) in [5, 5.41) is 3.77. The molecule has 1 saturated heterocycles. The summed E-state index contributed by atoms with van der Waals surface area (Å²) in [5.74, 6) is -0.423. The molecule has 3 amide bonds. The largest absolute Gasteiger partial charge is 0.333 e. The van der Waals surface area contributed by atoms with Gasteiger partial charge >= 0.3 is 6.03 Å². The Hall–Kier alpha value is -3.02. The van der Waals surface area contributed by atoms with Gasteiger partial charge in [-0.1, -0.05) is 29.3 Å². The van der Waals surface area contributed by atoms with E-state index in [1.54, 1.807) is 30.3 Å². The second-order valence-corrected chi connectivity index (χ2v) is 7.62. The molecule has 1 aliphatic rings. The van der Waals surface area contributed by atoms with Crippen LogP contribution in [0.15, 0.2) is 60.3 Å². The summed E-state index contributed by atoms with van der Waals surface area (Å²) in [5.41, 5.74) is 4.40. The Balaban J connectivity index is 1.70. The zero-order valence-corrected chi connectivity index (χ0v) is 17.3. The molecule has 2 heterocycles. The predicted molar refractivity (Wildman–Crippen MR) is 116 cm³/mol. The highest BCUT2D eigenvalue weighted by molar-refractivity contribution is 6.32. The molecule has 0 unspecified atom stereocenters. The maximum Gasteiger partial charge on any atom is 0.333 e. The number of halogens is 2. The van der Waals surface area contributed by atoms with Gasteiger partial charge in [0, 0.05) is 27.1 Å². The summed E-state index contributed by atoms with van der Waals surface area (Å²) in [7, 11) is 0. The maximum absolute atomic E-state index is 12.9. The van der Waals surface area contributed by atoms with E-state index >= 15 is 0 Å². The molecule has 0 bridgehead atoms. The lowest BCUT2D eigenvalue weighted by atomic mass is 10.2. The Morgan fingerprint density at radius 3 is 2.31 bits per heavy atom. The number of rotatable bonds is 3. The molecule has 29 heavy (non-hydrogen) atoms. The number of carbonyl (C=O) groups is 2. The van der Waals surface area contributed by atoms with Gasteiger partial charge in [0.05, 0.1) is 5.69 Å². The SMILES string of the molecule is Cc1cc(/C=C2\NC(=O)N(c3cccc(Cl)c3)C2=O)c(C)n1-c1ccc(Cl)cc1. The normalized spacial score (nSPS) is 15.3. The van der Waals surface area contributed by atoms with Crippen molar-refractivity contribution in [3.8, 4) is 5.69 Å². The van der Waals surface area contributed by atoms with Crippen LogP contribution in [0.5, 0.6) is 0 Å². The summed E-state index contributed by atoms with van der Waals surface area (Å²) < 4.78 is 2.07. The first-order chi connectivity index (χ1) is 13.8. The van der Waals surface area contributed by atoms with Crippen molar-refractivity contribution >= 4 is 46.9 Å². The summed E-state index contributed by atoms with van der Waals surface area (Å²) in [6.07, 6.45) is 1.69. The van der Waals surface area contributed by atoms with Gasteiger partial charge in [0.15, 0.2) is 0 Å². The van der Waals surface area contributed by atoms with E-state index in [4.69, 9.17) is 23.2 Å². The van der Waals surface area contributed by atoms with E-state index in [-0.39, 0.29) is 5.70 Å². The van der Waals surface area contributed by atoms with E-state index < -0.39 is 11.9 Å². The van der Waals surface area contributed by atoms with Crippen LogP contribution in [-0.2, 0) is 4.79 Å². The van der Waals surface area contributed by atoms with Gasteiger partial charge in [0.25, 0.3) is 5.91 Å². The van der Waals surface area contributed by atoms with E-state index in [0.717, 1.165) is 27.5 Å². The molecule has 0 aliphatic carbocycles. The Kier molecular flexibility index (Phi) is 4.94. The second kappa shape index (κ2) is 7.43. The number of amides is 3. The monoisotopic (exact) mass is 425 g/mol. The van der Waals surface area contributed by atoms with Crippen LogP contribution >= 0.6 is 23.2 Å². The Morgan fingerprint density at radius 1 is 0.897 bits per heavy atom. The van der Waals surface area contributed by atoms with Gasteiger partial charge in [0.1, 0.15) is 5.70 Å². The highest BCUT2D eigenvalue weighted by Crippen LogP contribution is 2.27. The lowest BCUT2D eigenvalue weighted by molar-refractivity contribution is -0.113. The average molecular weight is 426 g/mol. The summed E-state index contributed by atoms with van der Waals surface area (Å²) in [4.78, 5) is 26.3. The number of nitrogens with one attached hydrogen (secondary N) is 1. The number of aromatic nitrogens is 1. The molecule has 146 valence electrons. The zero-order chi connectivity index (χ0) is 20.7. The van der Waals surface area contributed by atoms with Crippen LogP contribution in [0.4, 0.5) is 10.5 Å². The Bertz CT molecular complexity index is 1160. The molecule has 7 heteroatoms. The fraction of sp³-hybridized carbons (Fsp3) is 0.0909. The Labute approximate surface area is 178 Å². The first-order valence-corrected chi connectivity index (χ1v) is 9.68. The van der Waals surface area contributed by atoms with Gasteiger partial charge in [0.2, 0.25) is 0 Å². The van der Waals surface area contributed by atoms with Gasteiger partial charge in [-0.3, -0.25) is 4.79 Å². The third kappa shape index (κ3) is 3.55. The number of carbonyl (C=O) groups excluding carboxylic acids is 2. The fourth-order valence-electron chi connectivity index (χ4n) is 3.46.